The zero-order valence-corrected chi connectivity index (χ0v) is 18.7. The number of aliphatic hydroxyl groups is 2. The molecule has 6 nitrogen and oxygen atoms in total. The van der Waals surface area contributed by atoms with Crippen LogP contribution in [0.3, 0.4) is 0 Å². The van der Waals surface area contributed by atoms with Gasteiger partial charge in [-0.2, -0.15) is 0 Å². The average molecular weight is 404 g/mol. The Kier molecular flexibility index (Phi) is 10.7. The van der Waals surface area contributed by atoms with E-state index < -0.39 is 28.0 Å². The molecule has 0 radical (unpaired) electrons. The van der Waals surface area contributed by atoms with E-state index in [0.717, 1.165) is 11.1 Å². The number of hydrogen-bond donors (Lipinski definition) is 2. The van der Waals surface area contributed by atoms with Gasteiger partial charge in [-0.15, -0.1) is 0 Å². The number of rotatable bonds is 9. The fourth-order valence-corrected chi connectivity index (χ4v) is 3.33. The Balaban J connectivity index is 0.00000338. The molecule has 0 aliphatic rings. The molecule has 136 valence electrons. The molecule has 0 saturated heterocycles. The van der Waals surface area contributed by atoms with E-state index in [9.17, 15) is 23.2 Å². The van der Waals surface area contributed by atoms with Crippen molar-refractivity contribution in [3.63, 3.8) is 0 Å². The first kappa shape index (κ1) is 23.9. The SMILES string of the molecule is O=S(=O)([O-])CCN(C(CO)c1ccccc1)C(CO)c1ccccc1.[K+]. The summed E-state index contributed by atoms with van der Waals surface area (Å²) in [4.78, 5) is 1.67. The second-order valence-corrected chi connectivity index (χ2v) is 7.24. The van der Waals surface area contributed by atoms with Gasteiger partial charge < -0.3 is 14.8 Å². The summed E-state index contributed by atoms with van der Waals surface area (Å²) < 4.78 is 33.4. The quantitative estimate of drug-likeness (QED) is 0.383. The van der Waals surface area contributed by atoms with Crippen LogP contribution in [0.15, 0.2) is 60.7 Å². The molecule has 0 aliphatic heterocycles. The van der Waals surface area contributed by atoms with Crippen LogP contribution in [0.2, 0.25) is 0 Å². The zero-order valence-electron chi connectivity index (χ0n) is 14.7. The Bertz CT molecular complexity index is 695. The van der Waals surface area contributed by atoms with Crippen molar-refractivity contribution in [2.24, 2.45) is 0 Å². The van der Waals surface area contributed by atoms with Crippen LogP contribution in [-0.2, 0) is 10.1 Å². The second-order valence-electron chi connectivity index (χ2n) is 5.72. The van der Waals surface area contributed by atoms with Gasteiger partial charge >= 0.3 is 51.4 Å². The summed E-state index contributed by atoms with van der Waals surface area (Å²) in [6, 6.07) is 17.1. The molecule has 0 amide bonds. The van der Waals surface area contributed by atoms with Gasteiger partial charge in [0, 0.05) is 6.54 Å². The van der Waals surface area contributed by atoms with Gasteiger partial charge in [0.25, 0.3) is 0 Å². The summed E-state index contributed by atoms with van der Waals surface area (Å²) in [6.07, 6.45) is 0. The maximum atomic E-state index is 11.1. The fourth-order valence-electron chi connectivity index (χ4n) is 2.90. The third kappa shape index (κ3) is 7.12. The largest absolute Gasteiger partial charge is 1.00 e. The zero-order chi connectivity index (χ0) is 18.3. The van der Waals surface area contributed by atoms with E-state index in [-0.39, 0.29) is 71.1 Å². The Morgan fingerprint density at radius 2 is 1.23 bits per heavy atom. The van der Waals surface area contributed by atoms with Crippen LogP contribution >= 0.6 is 0 Å². The molecule has 0 fully saturated rings. The molecule has 0 saturated carbocycles. The Hall–Kier alpha value is -0.134. The number of aliphatic hydroxyl groups excluding tert-OH is 2. The van der Waals surface area contributed by atoms with Gasteiger partial charge in [0.15, 0.2) is 0 Å². The first-order chi connectivity index (χ1) is 12.0. The molecular weight excluding hydrogens is 381 g/mol. The normalized spacial score (nSPS) is 13.8. The van der Waals surface area contributed by atoms with Crippen molar-refractivity contribution in [3.05, 3.63) is 71.8 Å². The number of hydrogen-bond acceptors (Lipinski definition) is 6. The summed E-state index contributed by atoms with van der Waals surface area (Å²) >= 11 is 0. The second kappa shape index (κ2) is 11.7. The molecule has 0 bridgehead atoms. The van der Waals surface area contributed by atoms with E-state index in [1.807, 2.05) is 60.7 Å². The summed E-state index contributed by atoms with van der Waals surface area (Å²) in [6.45, 7) is -0.634. The molecule has 2 unspecified atom stereocenters. The maximum Gasteiger partial charge on any atom is 1.00 e. The topological polar surface area (TPSA) is 101 Å². The molecule has 0 heterocycles. The van der Waals surface area contributed by atoms with E-state index in [1.54, 1.807) is 4.90 Å². The molecule has 0 aromatic heterocycles. The van der Waals surface area contributed by atoms with Crippen LogP contribution in [0, 0.1) is 0 Å². The van der Waals surface area contributed by atoms with Crippen LogP contribution in [-0.4, -0.2) is 53.6 Å². The van der Waals surface area contributed by atoms with Gasteiger partial charge in [-0.05, 0) is 11.1 Å². The Labute approximate surface area is 197 Å². The molecule has 2 N–H and O–H groups in total. The molecule has 0 aliphatic carbocycles. The van der Waals surface area contributed by atoms with Gasteiger partial charge in [0.2, 0.25) is 0 Å². The van der Waals surface area contributed by atoms with Crippen molar-refractivity contribution in [1.82, 2.24) is 4.90 Å². The minimum absolute atomic E-state index is 0. The van der Waals surface area contributed by atoms with Crippen LogP contribution in [0.25, 0.3) is 0 Å². The van der Waals surface area contributed by atoms with Crippen molar-refractivity contribution < 1.29 is 74.6 Å². The fraction of sp³-hybridized carbons (Fsp3) is 0.333. The maximum absolute atomic E-state index is 11.1. The van der Waals surface area contributed by atoms with Gasteiger partial charge in [0.1, 0.15) is 0 Å². The van der Waals surface area contributed by atoms with Crippen LogP contribution < -0.4 is 51.4 Å². The number of nitrogens with zero attached hydrogens (tertiary/aromatic N) is 1. The van der Waals surface area contributed by atoms with Gasteiger partial charge in [0.05, 0.1) is 41.2 Å². The molecule has 2 rings (SSSR count). The minimum atomic E-state index is -4.42. The standard InChI is InChI=1S/C18H23NO5S.K/c20-13-17(15-7-3-1-4-8-15)19(11-12-25(22,23)24)18(14-21)16-9-5-2-6-10-16;/h1-10,17-18,20-21H,11-14H2,(H,22,23,24);/q;+1/p-1. The number of benzene rings is 2. The van der Waals surface area contributed by atoms with Crippen molar-refractivity contribution >= 4 is 10.1 Å². The van der Waals surface area contributed by atoms with Crippen LogP contribution in [0.4, 0.5) is 0 Å². The summed E-state index contributed by atoms with van der Waals surface area (Å²) in [7, 11) is -4.42. The Morgan fingerprint density at radius 3 is 1.54 bits per heavy atom. The summed E-state index contributed by atoms with van der Waals surface area (Å²) in [5.74, 6) is -0.598. The van der Waals surface area contributed by atoms with E-state index in [0.29, 0.717) is 0 Å². The average Bonchev–Trinajstić information content (AvgIpc) is 2.61. The van der Waals surface area contributed by atoms with E-state index in [1.165, 1.54) is 0 Å². The Morgan fingerprint density at radius 1 is 0.846 bits per heavy atom. The van der Waals surface area contributed by atoms with E-state index >= 15 is 0 Å². The summed E-state index contributed by atoms with van der Waals surface area (Å²) in [5, 5.41) is 19.8. The third-order valence-corrected chi connectivity index (χ3v) is 4.80. The van der Waals surface area contributed by atoms with Crippen LogP contribution in [0.1, 0.15) is 23.2 Å². The van der Waals surface area contributed by atoms with Crippen molar-refractivity contribution in [2.45, 2.75) is 12.1 Å². The molecule has 26 heavy (non-hydrogen) atoms. The first-order valence-electron chi connectivity index (χ1n) is 7.97. The molecule has 8 heteroatoms. The van der Waals surface area contributed by atoms with E-state index in [4.69, 9.17) is 0 Å². The molecule has 0 spiro atoms. The predicted molar refractivity (Wildman–Crippen MR) is 93.8 cm³/mol. The predicted octanol–water partition coefficient (Wildman–Crippen LogP) is -1.70. The van der Waals surface area contributed by atoms with Crippen molar-refractivity contribution in [3.8, 4) is 0 Å². The molecular formula is C18H22KNO5S. The molecule has 2 atom stereocenters. The summed E-state index contributed by atoms with van der Waals surface area (Å²) in [5.41, 5.74) is 1.56. The smallest absolute Gasteiger partial charge is 0.748 e. The van der Waals surface area contributed by atoms with Gasteiger partial charge in [-0.3, -0.25) is 4.90 Å². The molecule has 2 aromatic rings. The van der Waals surface area contributed by atoms with Crippen LogP contribution in [0.5, 0.6) is 0 Å². The minimum Gasteiger partial charge on any atom is -0.748 e. The van der Waals surface area contributed by atoms with E-state index in [2.05, 4.69) is 0 Å². The van der Waals surface area contributed by atoms with Gasteiger partial charge in [-0.1, -0.05) is 60.7 Å². The molecule has 2 aromatic carbocycles. The first-order valence-corrected chi connectivity index (χ1v) is 9.55. The monoisotopic (exact) mass is 403 g/mol. The van der Waals surface area contributed by atoms with Crippen molar-refractivity contribution in [1.29, 1.82) is 0 Å². The van der Waals surface area contributed by atoms with Gasteiger partial charge in [-0.25, -0.2) is 8.42 Å². The van der Waals surface area contributed by atoms with Crippen molar-refractivity contribution in [2.75, 3.05) is 25.5 Å². The third-order valence-electron chi connectivity index (χ3n) is 4.11.